The van der Waals surface area contributed by atoms with Crippen molar-refractivity contribution in [2.24, 2.45) is 17.8 Å². The van der Waals surface area contributed by atoms with E-state index in [2.05, 4.69) is 15.0 Å². The normalized spacial score (nSPS) is 31.8. The molecule has 3 fully saturated rings. The van der Waals surface area contributed by atoms with E-state index in [9.17, 15) is 27.9 Å². The number of benzene rings is 1. The summed E-state index contributed by atoms with van der Waals surface area (Å²) >= 11 is 0. The molecule has 3 aliphatic heterocycles. The summed E-state index contributed by atoms with van der Waals surface area (Å²) in [5.41, 5.74) is -4.59. The topological polar surface area (TPSA) is 194 Å². The highest BCUT2D eigenvalue weighted by Crippen LogP contribution is 2.51. The second-order valence-corrected chi connectivity index (χ2v) is 19.7. The van der Waals surface area contributed by atoms with Gasteiger partial charge in [-0.15, -0.1) is 0 Å². The second-order valence-electron chi connectivity index (χ2n) is 17.5. The highest BCUT2D eigenvalue weighted by molar-refractivity contribution is 7.91. The van der Waals surface area contributed by atoms with Crippen LogP contribution in [0, 0.1) is 17.8 Å². The fraction of sp³-hybridized carbons (Fsp3) is 0.634. The van der Waals surface area contributed by atoms with Gasteiger partial charge in [-0.05, 0) is 96.3 Å². The summed E-state index contributed by atoms with van der Waals surface area (Å²) in [5.74, 6) is -8.60. The molecule has 4 amide bonds. The highest BCUT2D eigenvalue weighted by atomic mass is 32.2. The number of halogens is 2. The van der Waals surface area contributed by atoms with Gasteiger partial charge in [0.2, 0.25) is 27.7 Å². The summed E-state index contributed by atoms with van der Waals surface area (Å²) in [7, 11) is -4.20. The van der Waals surface area contributed by atoms with Gasteiger partial charge in [-0.2, -0.15) is 8.78 Å². The van der Waals surface area contributed by atoms with Crippen molar-refractivity contribution in [1.82, 2.24) is 24.8 Å². The molecule has 0 spiro atoms. The summed E-state index contributed by atoms with van der Waals surface area (Å²) in [6.45, 7) is 9.14. The van der Waals surface area contributed by atoms with Crippen LogP contribution in [0.3, 0.4) is 0 Å². The zero-order valence-electron chi connectivity index (χ0n) is 34.1. The van der Waals surface area contributed by atoms with Gasteiger partial charge in [0.05, 0.1) is 11.3 Å². The molecule has 7 rings (SSSR count). The third kappa shape index (κ3) is 7.32. The maximum atomic E-state index is 17.6. The van der Waals surface area contributed by atoms with E-state index in [1.807, 2.05) is 13.0 Å². The molecule has 15 nitrogen and oxygen atoms in total. The number of hydrogen-bond acceptors (Lipinski definition) is 10. The summed E-state index contributed by atoms with van der Waals surface area (Å²) in [4.78, 5) is 62.8. The third-order valence-corrected chi connectivity index (χ3v) is 15.1. The van der Waals surface area contributed by atoms with E-state index in [1.54, 1.807) is 45.0 Å². The first-order valence-corrected chi connectivity index (χ1v) is 21.8. The smallest absolute Gasteiger partial charge is 0.408 e. The van der Waals surface area contributed by atoms with Gasteiger partial charge in [0.1, 0.15) is 24.8 Å². The molecule has 0 unspecified atom stereocenters. The lowest BCUT2D eigenvalue weighted by Gasteiger charge is -2.40. The number of carboxylic acid groups (broad SMARTS) is 1. The van der Waals surface area contributed by atoms with Gasteiger partial charge in [-0.3, -0.25) is 24.0 Å². The predicted molar refractivity (Wildman–Crippen MR) is 211 cm³/mol. The molecule has 4 heterocycles. The van der Waals surface area contributed by atoms with Crippen molar-refractivity contribution in [3.8, 4) is 17.4 Å². The molecule has 0 bridgehead atoms. The Balaban J connectivity index is 1.34. The summed E-state index contributed by atoms with van der Waals surface area (Å²) < 4.78 is 80.4. The predicted octanol–water partition coefficient (Wildman–Crippen LogP) is 5.02. The molecular formula is C41H53F2N5O10S. The number of rotatable bonds is 8. The van der Waals surface area contributed by atoms with Crippen molar-refractivity contribution >= 4 is 44.6 Å². The van der Waals surface area contributed by atoms with Gasteiger partial charge in [-0.1, -0.05) is 32.4 Å². The van der Waals surface area contributed by atoms with E-state index >= 15 is 13.6 Å². The standard InChI is InChI=1S/C41H53F2N5O10S/c1-7-25-20-24(4)10-8-9-11-26-21-40(26,36(51)46-59(54,55)38(5)15-16-38)45-33(49)32-41(42,43)39(6,22-47(32)35(50)30(25)48(23(2)3)37(52)53)58-34-28-12-13-29-31(57-19-18-56-29)27(28)14-17-44-34/h9,11-14,17,23-26,30,32H,7-8,10,15-16,18-22H2,1-6H3,(H,45,49)(H,46,51)(H,52,53)/b11-9-/t24-,25-,26-,30+,32+,39-,40-/m1/s1. The molecule has 3 N–H and O–H groups in total. The van der Waals surface area contributed by atoms with Gasteiger partial charge < -0.3 is 29.5 Å². The first kappa shape index (κ1) is 42.4. The number of nitrogens with zero attached hydrogens (tertiary/aromatic N) is 3. The molecule has 1 aromatic carbocycles. The van der Waals surface area contributed by atoms with E-state index in [4.69, 9.17) is 14.2 Å². The SMILES string of the molecule is CC[C@@H]1C[C@H](C)CC/C=C\[C@@H]2C[C@@]2(C(=O)NS(=O)(=O)C2(C)CC2)NC(=O)[C@@H]2N(C[C@@](C)(Oc3nccc4c5c(ccc34)OCCO5)C2(F)F)C(=O)[C@H]1N(C(=O)O)C(C)C. The van der Waals surface area contributed by atoms with E-state index in [0.717, 1.165) is 11.8 Å². The summed E-state index contributed by atoms with van der Waals surface area (Å²) in [6, 6.07) is -0.0851. The maximum absolute atomic E-state index is 17.6. The Hall–Kier alpha value is -4.74. The lowest BCUT2D eigenvalue weighted by atomic mass is 9.83. The Labute approximate surface area is 342 Å². The number of amides is 4. The molecule has 2 saturated carbocycles. The van der Waals surface area contributed by atoms with E-state index in [-0.39, 0.29) is 30.2 Å². The number of ether oxygens (including phenoxy) is 3. The fourth-order valence-electron chi connectivity index (χ4n) is 8.88. The lowest BCUT2D eigenvalue weighted by Crippen LogP contribution is -2.63. The molecule has 322 valence electrons. The minimum absolute atomic E-state index is 0.0498. The summed E-state index contributed by atoms with van der Waals surface area (Å²) in [5, 5.41) is 13.8. The Kier molecular flexibility index (Phi) is 10.8. The minimum atomic E-state index is -4.21. The van der Waals surface area contributed by atoms with Crippen LogP contribution in [-0.4, -0.2) is 112 Å². The number of alkyl halides is 2. The van der Waals surface area contributed by atoms with Crippen LogP contribution in [-0.2, 0) is 24.4 Å². The first-order chi connectivity index (χ1) is 27.7. The van der Waals surface area contributed by atoms with Gasteiger partial charge in [0.25, 0.3) is 5.91 Å². The van der Waals surface area contributed by atoms with Gasteiger partial charge in [0.15, 0.2) is 23.1 Å². The number of fused-ring (bicyclic) bond motifs is 5. The average Bonchev–Trinajstić information content (AvgIpc) is 4.08. The van der Waals surface area contributed by atoms with Crippen molar-refractivity contribution in [2.75, 3.05) is 19.8 Å². The highest BCUT2D eigenvalue weighted by Gasteiger charge is 2.72. The zero-order chi connectivity index (χ0) is 42.9. The van der Waals surface area contributed by atoms with Crippen molar-refractivity contribution in [1.29, 1.82) is 0 Å². The molecule has 1 aromatic heterocycles. The van der Waals surface area contributed by atoms with Crippen LogP contribution in [0.5, 0.6) is 17.4 Å². The minimum Gasteiger partial charge on any atom is -0.486 e. The molecule has 0 radical (unpaired) electrons. The number of allylic oxidation sites excluding steroid dienone is 1. The van der Waals surface area contributed by atoms with Crippen LogP contribution in [0.1, 0.15) is 86.5 Å². The van der Waals surface area contributed by atoms with Crippen molar-refractivity contribution in [3.05, 3.63) is 36.5 Å². The van der Waals surface area contributed by atoms with E-state index < -0.39 is 92.2 Å². The largest absolute Gasteiger partial charge is 0.486 e. The Bertz CT molecular complexity index is 2180. The van der Waals surface area contributed by atoms with Crippen LogP contribution in [0.25, 0.3) is 10.8 Å². The lowest BCUT2D eigenvalue weighted by molar-refractivity contribution is -0.163. The maximum Gasteiger partial charge on any atom is 0.408 e. The number of sulfonamides is 1. The van der Waals surface area contributed by atoms with Crippen molar-refractivity contribution in [3.63, 3.8) is 0 Å². The van der Waals surface area contributed by atoms with Crippen LogP contribution in [0.15, 0.2) is 36.5 Å². The molecule has 2 aliphatic carbocycles. The van der Waals surface area contributed by atoms with Gasteiger partial charge >= 0.3 is 12.0 Å². The van der Waals surface area contributed by atoms with Crippen LogP contribution in [0.4, 0.5) is 13.6 Å². The molecule has 1 saturated heterocycles. The molecule has 18 heteroatoms. The zero-order valence-corrected chi connectivity index (χ0v) is 34.9. The van der Waals surface area contributed by atoms with Crippen molar-refractivity contribution in [2.45, 2.75) is 126 Å². The van der Waals surface area contributed by atoms with Crippen LogP contribution >= 0.6 is 0 Å². The number of nitrogens with one attached hydrogen (secondary N) is 2. The Morgan fingerprint density at radius 2 is 1.85 bits per heavy atom. The number of carbonyl (C=O) groups excluding carboxylic acids is 3. The first-order valence-electron chi connectivity index (χ1n) is 20.3. The second kappa shape index (κ2) is 15.1. The van der Waals surface area contributed by atoms with Crippen molar-refractivity contribution < 1.29 is 55.7 Å². The third-order valence-electron chi connectivity index (χ3n) is 12.9. The number of aromatic nitrogens is 1. The van der Waals surface area contributed by atoms with Crippen LogP contribution in [0.2, 0.25) is 0 Å². The molecule has 5 aliphatic rings. The van der Waals surface area contributed by atoms with Gasteiger partial charge in [-0.25, -0.2) is 18.2 Å². The Morgan fingerprint density at radius 1 is 1.14 bits per heavy atom. The molecule has 59 heavy (non-hydrogen) atoms. The van der Waals surface area contributed by atoms with E-state index in [1.165, 1.54) is 13.1 Å². The fourth-order valence-corrected chi connectivity index (χ4v) is 10.2. The quantitative estimate of drug-likeness (QED) is 0.302. The molecular weight excluding hydrogens is 793 g/mol. The van der Waals surface area contributed by atoms with Gasteiger partial charge in [0, 0.05) is 28.9 Å². The number of pyridine rings is 1. The average molecular weight is 846 g/mol. The molecule has 2 aromatic rings. The number of hydrogen-bond donors (Lipinski definition) is 3. The van der Waals surface area contributed by atoms with Crippen LogP contribution < -0.4 is 24.2 Å². The van der Waals surface area contributed by atoms with E-state index in [0.29, 0.717) is 66.9 Å². The monoisotopic (exact) mass is 845 g/mol. The number of carbonyl (C=O) groups is 4. The Morgan fingerprint density at radius 3 is 2.51 bits per heavy atom. The molecule has 7 atom stereocenters. The summed E-state index contributed by atoms with van der Waals surface area (Å²) in [6.07, 6.45) is 5.78.